The second-order valence-electron chi connectivity index (χ2n) is 4.39. The van der Waals surface area contributed by atoms with E-state index in [-0.39, 0.29) is 0 Å². The maximum Gasteiger partial charge on any atom is 0.0693 e. The number of thiophene rings is 2. The van der Waals surface area contributed by atoms with Gasteiger partial charge < -0.3 is 5.32 Å². The fourth-order valence-electron chi connectivity index (χ4n) is 2.08. The third-order valence-corrected chi connectivity index (χ3v) is 5.81. The van der Waals surface area contributed by atoms with Crippen LogP contribution in [0.15, 0.2) is 22.0 Å². The van der Waals surface area contributed by atoms with Crippen molar-refractivity contribution in [2.75, 3.05) is 6.54 Å². The van der Waals surface area contributed by atoms with E-state index in [1.807, 2.05) is 22.7 Å². The van der Waals surface area contributed by atoms with Crippen molar-refractivity contribution in [3.05, 3.63) is 42.2 Å². The number of halogens is 1. The van der Waals surface area contributed by atoms with E-state index in [0.29, 0.717) is 6.04 Å². The van der Waals surface area contributed by atoms with Crippen LogP contribution >= 0.6 is 38.6 Å². The maximum absolute atomic E-state index is 3.67. The van der Waals surface area contributed by atoms with Crippen molar-refractivity contribution in [3.63, 3.8) is 0 Å². The van der Waals surface area contributed by atoms with E-state index in [9.17, 15) is 0 Å². The molecule has 98 valence electrons. The molecule has 0 radical (unpaired) electrons. The Hall–Kier alpha value is -0.160. The quantitative estimate of drug-likeness (QED) is 0.778. The van der Waals surface area contributed by atoms with Crippen molar-refractivity contribution >= 4 is 38.6 Å². The molecule has 2 heterocycles. The number of hydrogen-bond acceptors (Lipinski definition) is 3. The van der Waals surface area contributed by atoms with E-state index in [0.717, 1.165) is 13.0 Å². The lowest BCUT2D eigenvalue weighted by Gasteiger charge is -2.18. The summed E-state index contributed by atoms with van der Waals surface area (Å²) in [6, 6.07) is 4.78. The number of hydrogen-bond donors (Lipinski definition) is 1. The number of nitrogens with one attached hydrogen (secondary N) is 1. The zero-order chi connectivity index (χ0) is 13.1. The highest BCUT2D eigenvalue weighted by atomic mass is 79.9. The molecule has 0 amide bonds. The van der Waals surface area contributed by atoms with Gasteiger partial charge in [-0.15, -0.1) is 22.7 Å². The lowest BCUT2D eigenvalue weighted by molar-refractivity contribution is 0.604. The molecule has 0 aliphatic rings. The van der Waals surface area contributed by atoms with Gasteiger partial charge in [-0.25, -0.2) is 0 Å². The summed E-state index contributed by atoms with van der Waals surface area (Å²) in [6.07, 6.45) is 1.15. The predicted octanol–water partition coefficient (Wildman–Crippen LogP) is 5.28. The lowest BCUT2D eigenvalue weighted by atomic mass is 10.1. The molecule has 0 aliphatic heterocycles. The van der Waals surface area contributed by atoms with Crippen LogP contribution in [0.4, 0.5) is 0 Å². The van der Waals surface area contributed by atoms with Gasteiger partial charge in [0.15, 0.2) is 0 Å². The first-order valence-corrected chi connectivity index (χ1v) is 8.65. The highest BCUT2D eigenvalue weighted by Crippen LogP contribution is 2.36. The molecule has 0 fully saturated rings. The van der Waals surface area contributed by atoms with E-state index >= 15 is 0 Å². The van der Waals surface area contributed by atoms with E-state index in [4.69, 9.17) is 0 Å². The van der Waals surface area contributed by atoms with Gasteiger partial charge in [0.1, 0.15) is 0 Å². The summed E-state index contributed by atoms with van der Waals surface area (Å²) in [5, 5.41) is 5.82. The highest BCUT2D eigenvalue weighted by molar-refractivity contribution is 9.10. The van der Waals surface area contributed by atoms with Crippen LogP contribution in [-0.4, -0.2) is 6.54 Å². The molecule has 0 aromatic carbocycles. The molecule has 4 heteroatoms. The molecule has 0 spiro atoms. The Morgan fingerprint density at radius 1 is 1.39 bits per heavy atom. The van der Waals surface area contributed by atoms with Gasteiger partial charge in [0, 0.05) is 19.1 Å². The van der Waals surface area contributed by atoms with Crippen molar-refractivity contribution in [1.29, 1.82) is 0 Å². The minimum Gasteiger partial charge on any atom is -0.306 e. The molecule has 0 aliphatic carbocycles. The van der Waals surface area contributed by atoms with Crippen LogP contribution in [0.5, 0.6) is 0 Å². The fourth-order valence-corrected chi connectivity index (χ4v) is 4.74. The van der Waals surface area contributed by atoms with Gasteiger partial charge in [-0.1, -0.05) is 6.92 Å². The van der Waals surface area contributed by atoms with Crippen molar-refractivity contribution in [2.45, 2.75) is 33.2 Å². The molecule has 2 rings (SSSR count). The average molecular weight is 344 g/mol. The van der Waals surface area contributed by atoms with Crippen LogP contribution in [0.1, 0.15) is 39.6 Å². The second kappa shape index (κ2) is 6.33. The van der Waals surface area contributed by atoms with Crippen LogP contribution < -0.4 is 5.32 Å². The molecule has 1 unspecified atom stereocenters. The molecule has 1 nitrogen and oxygen atoms in total. The molecule has 1 atom stereocenters. The summed E-state index contributed by atoms with van der Waals surface area (Å²) in [5.41, 5.74) is 1.43. The summed E-state index contributed by atoms with van der Waals surface area (Å²) < 4.78 is 1.21. The molecular weight excluding hydrogens is 326 g/mol. The molecule has 2 aromatic rings. The summed E-state index contributed by atoms with van der Waals surface area (Å²) in [6.45, 7) is 7.65. The van der Waals surface area contributed by atoms with E-state index in [1.165, 1.54) is 24.7 Å². The van der Waals surface area contributed by atoms with E-state index in [1.54, 1.807) is 0 Å². The number of rotatable bonds is 5. The Kier molecular flexibility index (Phi) is 5.01. The van der Waals surface area contributed by atoms with Crippen molar-refractivity contribution in [2.24, 2.45) is 0 Å². The maximum atomic E-state index is 3.67. The predicted molar refractivity (Wildman–Crippen MR) is 85.9 cm³/mol. The van der Waals surface area contributed by atoms with Gasteiger partial charge in [-0.2, -0.15) is 0 Å². The molecule has 18 heavy (non-hydrogen) atoms. The first kappa shape index (κ1) is 14.3. The topological polar surface area (TPSA) is 12.0 Å². The highest BCUT2D eigenvalue weighted by Gasteiger charge is 2.20. The zero-order valence-electron chi connectivity index (χ0n) is 10.9. The molecule has 0 saturated carbocycles. The molecular formula is C14H18BrNS2. The zero-order valence-corrected chi connectivity index (χ0v) is 14.1. The van der Waals surface area contributed by atoms with Gasteiger partial charge in [0.25, 0.3) is 0 Å². The van der Waals surface area contributed by atoms with Crippen LogP contribution in [0, 0.1) is 13.8 Å². The Bertz CT molecular complexity index is 516. The van der Waals surface area contributed by atoms with Crippen LogP contribution in [0.2, 0.25) is 0 Å². The summed E-state index contributed by atoms with van der Waals surface area (Å²) in [4.78, 5) is 4.18. The minimum absolute atomic E-state index is 0.323. The van der Waals surface area contributed by atoms with Gasteiger partial charge in [-0.05, 0) is 65.8 Å². The summed E-state index contributed by atoms with van der Waals surface area (Å²) in [5.74, 6) is 0. The summed E-state index contributed by atoms with van der Waals surface area (Å²) in [7, 11) is 0. The molecule has 0 bridgehead atoms. The normalized spacial score (nSPS) is 12.9. The minimum atomic E-state index is 0.323. The molecule has 2 aromatic heterocycles. The molecule has 1 N–H and O–H groups in total. The van der Waals surface area contributed by atoms with E-state index in [2.05, 4.69) is 59.5 Å². The van der Waals surface area contributed by atoms with Crippen LogP contribution in [0.3, 0.4) is 0 Å². The first-order chi connectivity index (χ1) is 8.63. The van der Waals surface area contributed by atoms with Gasteiger partial charge in [0.2, 0.25) is 0 Å². The van der Waals surface area contributed by atoms with Crippen LogP contribution in [0.25, 0.3) is 0 Å². The monoisotopic (exact) mass is 343 g/mol. The van der Waals surface area contributed by atoms with Crippen molar-refractivity contribution in [3.8, 4) is 0 Å². The Labute approximate surface area is 125 Å². The Balaban J connectivity index is 2.37. The standard InChI is InChI=1S/C14H18BrNS2/c1-4-6-16-13(14-12(15)5-7-17-14)11-8-9(2)18-10(11)3/h5,7-8,13,16H,4,6H2,1-3H3. The van der Waals surface area contributed by atoms with Gasteiger partial charge in [-0.3, -0.25) is 0 Å². The smallest absolute Gasteiger partial charge is 0.0693 e. The fraction of sp³-hybridized carbons (Fsp3) is 0.429. The van der Waals surface area contributed by atoms with Crippen molar-refractivity contribution < 1.29 is 0 Å². The number of aryl methyl sites for hydroxylation is 2. The van der Waals surface area contributed by atoms with Gasteiger partial charge in [0.05, 0.1) is 6.04 Å². The second-order valence-corrected chi connectivity index (χ2v) is 7.65. The SMILES string of the molecule is CCCNC(c1cc(C)sc1C)c1sccc1Br. The largest absolute Gasteiger partial charge is 0.306 e. The van der Waals surface area contributed by atoms with Gasteiger partial charge >= 0.3 is 0 Å². The third-order valence-electron chi connectivity index (χ3n) is 2.90. The Morgan fingerprint density at radius 2 is 2.17 bits per heavy atom. The average Bonchev–Trinajstić information content (AvgIpc) is 2.87. The Morgan fingerprint density at radius 3 is 2.67 bits per heavy atom. The van der Waals surface area contributed by atoms with Crippen molar-refractivity contribution in [1.82, 2.24) is 5.32 Å². The van der Waals surface area contributed by atoms with E-state index < -0.39 is 0 Å². The third kappa shape index (κ3) is 3.05. The lowest BCUT2D eigenvalue weighted by Crippen LogP contribution is -2.22. The van der Waals surface area contributed by atoms with Crippen LogP contribution in [-0.2, 0) is 0 Å². The first-order valence-electron chi connectivity index (χ1n) is 6.16. The molecule has 0 saturated heterocycles. The summed E-state index contributed by atoms with van der Waals surface area (Å²) >= 11 is 7.36.